The fourth-order valence-corrected chi connectivity index (χ4v) is 4.36. The van der Waals surface area contributed by atoms with E-state index in [1.54, 1.807) is 6.07 Å². The van der Waals surface area contributed by atoms with Crippen LogP contribution in [0.15, 0.2) is 47.3 Å². The van der Waals surface area contributed by atoms with Crippen LogP contribution >= 0.6 is 11.6 Å². The van der Waals surface area contributed by atoms with Gasteiger partial charge in [-0.25, -0.2) is 9.89 Å². The Kier molecular flexibility index (Phi) is 7.09. The normalized spacial score (nSPS) is 16.8. The molecule has 180 valence electrons. The number of H-pyrrole nitrogens is 1. The second-order valence-electron chi connectivity index (χ2n) is 9.40. The SMILES string of the molecule is CC(C)(C)OC(=O)N1CCCNCC1c1ccccc1CNc1ccc2c(=O)[nH]nc(Cl)c2c1. The molecule has 9 heteroatoms. The maximum Gasteiger partial charge on any atom is 0.410 e. The van der Waals surface area contributed by atoms with Gasteiger partial charge >= 0.3 is 6.09 Å². The third kappa shape index (κ3) is 5.51. The predicted octanol–water partition coefficient (Wildman–Crippen LogP) is 4.46. The molecule has 1 aliphatic rings. The number of carbonyl (C=O) groups excluding carboxylic acids is 1. The number of aromatic nitrogens is 2. The molecule has 1 aliphatic heterocycles. The molecule has 0 spiro atoms. The summed E-state index contributed by atoms with van der Waals surface area (Å²) in [6.45, 7) is 8.30. The average Bonchev–Trinajstić information content (AvgIpc) is 3.05. The maximum atomic E-state index is 13.0. The molecule has 1 amide bonds. The van der Waals surface area contributed by atoms with E-state index in [9.17, 15) is 9.59 Å². The van der Waals surface area contributed by atoms with Crippen molar-refractivity contribution in [2.75, 3.05) is 25.0 Å². The summed E-state index contributed by atoms with van der Waals surface area (Å²) in [5.74, 6) is 0. The topological polar surface area (TPSA) is 99.4 Å². The number of carbonyl (C=O) groups is 1. The van der Waals surface area contributed by atoms with Crippen molar-refractivity contribution in [2.45, 2.75) is 45.4 Å². The molecule has 2 heterocycles. The Balaban J connectivity index is 1.59. The molecule has 1 atom stereocenters. The largest absolute Gasteiger partial charge is 0.444 e. The monoisotopic (exact) mass is 483 g/mol. The number of benzene rings is 2. The molecule has 1 fully saturated rings. The van der Waals surface area contributed by atoms with Crippen molar-refractivity contribution in [3.8, 4) is 0 Å². The highest BCUT2D eigenvalue weighted by Crippen LogP contribution is 2.28. The fraction of sp³-hybridized carbons (Fsp3) is 0.400. The first-order valence-corrected chi connectivity index (χ1v) is 11.8. The molecule has 0 saturated carbocycles. The lowest BCUT2D eigenvalue weighted by molar-refractivity contribution is 0.0173. The quantitative estimate of drug-likeness (QED) is 0.506. The zero-order valence-electron chi connectivity index (χ0n) is 19.7. The Morgan fingerprint density at radius 3 is 2.82 bits per heavy atom. The highest BCUT2D eigenvalue weighted by Gasteiger charge is 2.31. The van der Waals surface area contributed by atoms with E-state index in [-0.39, 0.29) is 22.8 Å². The number of fused-ring (bicyclic) bond motifs is 1. The van der Waals surface area contributed by atoms with Crippen LogP contribution in [0.3, 0.4) is 0 Å². The second kappa shape index (κ2) is 10.0. The summed E-state index contributed by atoms with van der Waals surface area (Å²) in [6, 6.07) is 13.3. The molecule has 3 N–H and O–H groups in total. The molecule has 1 aromatic heterocycles. The van der Waals surface area contributed by atoms with Crippen LogP contribution in [-0.2, 0) is 11.3 Å². The van der Waals surface area contributed by atoms with E-state index >= 15 is 0 Å². The van der Waals surface area contributed by atoms with Gasteiger partial charge in [0.2, 0.25) is 0 Å². The molecular formula is C25H30ClN5O3. The van der Waals surface area contributed by atoms with Crippen molar-refractivity contribution < 1.29 is 9.53 Å². The van der Waals surface area contributed by atoms with Crippen molar-refractivity contribution in [3.63, 3.8) is 0 Å². The van der Waals surface area contributed by atoms with E-state index in [1.165, 1.54) is 0 Å². The van der Waals surface area contributed by atoms with E-state index in [0.29, 0.717) is 30.4 Å². The number of aromatic amines is 1. The van der Waals surface area contributed by atoms with E-state index in [1.807, 2.05) is 49.9 Å². The van der Waals surface area contributed by atoms with Gasteiger partial charge in [0, 0.05) is 30.7 Å². The molecular weight excluding hydrogens is 454 g/mol. The average molecular weight is 484 g/mol. The molecule has 0 aliphatic carbocycles. The maximum absolute atomic E-state index is 13.0. The van der Waals surface area contributed by atoms with Crippen LogP contribution in [0.4, 0.5) is 10.5 Å². The summed E-state index contributed by atoms with van der Waals surface area (Å²) >= 11 is 6.19. The number of halogens is 1. The Bertz CT molecular complexity index is 1240. The molecule has 4 rings (SSSR count). The Morgan fingerprint density at radius 1 is 1.24 bits per heavy atom. The number of nitrogens with one attached hydrogen (secondary N) is 3. The van der Waals surface area contributed by atoms with E-state index in [2.05, 4.69) is 33.0 Å². The van der Waals surface area contributed by atoms with Gasteiger partial charge in [-0.05, 0) is 63.1 Å². The van der Waals surface area contributed by atoms with Crippen LogP contribution in [-0.4, -0.2) is 46.4 Å². The predicted molar refractivity (Wildman–Crippen MR) is 134 cm³/mol. The van der Waals surface area contributed by atoms with Gasteiger partial charge in [0.05, 0.1) is 11.4 Å². The molecule has 3 aromatic rings. The summed E-state index contributed by atoms with van der Waals surface area (Å²) < 4.78 is 5.71. The van der Waals surface area contributed by atoms with Gasteiger partial charge in [-0.3, -0.25) is 9.69 Å². The van der Waals surface area contributed by atoms with Gasteiger partial charge in [0.25, 0.3) is 5.56 Å². The van der Waals surface area contributed by atoms with Gasteiger partial charge in [0.15, 0.2) is 5.15 Å². The van der Waals surface area contributed by atoms with E-state index in [0.717, 1.165) is 29.8 Å². The smallest absolute Gasteiger partial charge is 0.410 e. The summed E-state index contributed by atoms with van der Waals surface area (Å²) in [4.78, 5) is 26.9. The van der Waals surface area contributed by atoms with Gasteiger partial charge in [-0.2, -0.15) is 5.10 Å². The second-order valence-corrected chi connectivity index (χ2v) is 9.76. The van der Waals surface area contributed by atoms with Crippen LogP contribution in [0.5, 0.6) is 0 Å². The van der Waals surface area contributed by atoms with E-state index in [4.69, 9.17) is 16.3 Å². The van der Waals surface area contributed by atoms with Crippen molar-refractivity contribution >= 4 is 34.2 Å². The van der Waals surface area contributed by atoms with Crippen molar-refractivity contribution in [3.05, 3.63) is 69.1 Å². The van der Waals surface area contributed by atoms with Crippen molar-refractivity contribution in [1.82, 2.24) is 20.4 Å². The lowest BCUT2D eigenvalue weighted by Crippen LogP contribution is -2.41. The van der Waals surface area contributed by atoms with Crippen LogP contribution < -0.4 is 16.2 Å². The van der Waals surface area contributed by atoms with Crippen LogP contribution in [0.25, 0.3) is 10.8 Å². The van der Waals surface area contributed by atoms with Crippen molar-refractivity contribution in [1.29, 1.82) is 0 Å². The minimum absolute atomic E-state index is 0.149. The number of nitrogens with zero attached hydrogens (tertiary/aromatic N) is 2. The number of ether oxygens (including phenoxy) is 1. The number of rotatable bonds is 4. The zero-order valence-corrected chi connectivity index (χ0v) is 20.4. The first-order valence-electron chi connectivity index (χ1n) is 11.4. The molecule has 2 aromatic carbocycles. The van der Waals surface area contributed by atoms with Gasteiger partial charge in [-0.15, -0.1) is 0 Å². The van der Waals surface area contributed by atoms with Gasteiger partial charge in [0.1, 0.15) is 5.60 Å². The molecule has 1 saturated heterocycles. The number of hydrogen-bond acceptors (Lipinski definition) is 6. The number of anilines is 1. The molecule has 1 unspecified atom stereocenters. The fourth-order valence-electron chi connectivity index (χ4n) is 4.16. The third-order valence-corrected chi connectivity index (χ3v) is 6.02. The Labute approximate surface area is 203 Å². The highest BCUT2D eigenvalue weighted by atomic mass is 35.5. The lowest BCUT2D eigenvalue weighted by atomic mass is 9.98. The highest BCUT2D eigenvalue weighted by molar-refractivity contribution is 6.34. The van der Waals surface area contributed by atoms with Gasteiger partial charge < -0.3 is 15.4 Å². The molecule has 34 heavy (non-hydrogen) atoms. The molecule has 8 nitrogen and oxygen atoms in total. The van der Waals surface area contributed by atoms with Gasteiger partial charge in [-0.1, -0.05) is 35.9 Å². The van der Waals surface area contributed by atoms with E-state index < -0.39 is 5.60 Å². The third-order valence-electron chi connectivity index (χ3n) is 5.73. The summed E-state index contributed by atoms with van der Waals surface area (Å²) in [7, 11) is 0. The Hall–Kier alpha value is -3.10. The molecule has 0 radical (unpaired) electrons. The first kappa shape index (κ1) is 24.0. The van der Waals surface area contributed by atoms with Crippen molar-refractivity contribution in [2.24, 2.45) is 0 Å². The molecule has 0 bridgehead atoms. The van der Waals surface area contributed by atoms with Crippen LogP contribution in [0, 0.1) is 0 Å². The first-order chi connectivity index (χ1) is 16.2. The summed E-state index contributed by atoms with van der Waals surface area (Å²) in [5, 5.41) is 14.4. The zero-order chi connectivity index (χ0) is 24.3. The minimum Gasteiger partial charge on any atom is -0.444 e. The Morgan fingerprint density at radius 2 is 2.03 bits per heavy atom. The number of amides is 1. The standard InChI is InChI=1S/C25H30ClN5O3/c1-25(2,3)34-24(33)31-12-6-11-27-15-21(31)18-8-5-4-7-16(18)14-28-17-9-10-19-20(13-17)22(26)29-30-23(19)32/h4-5,7-10,13,21,27-28H,6,11-12,14-15H2,1-3H3,(H,30,32). The summed E-state index contributed by atoms with van der Waals surface area (Å²) in [5.41, 5.74) is 2.11. The number of hydrogen-bond donors (Lipinski definition) is 3. The van der Waals surface area contributed by atoms with Crippen LogP contribution in [0.1, 0.15) is 44.4 Å². The lowest BCUT2D eigenvalue weighted by Gasteiger charge is -2.33. The van der Waals surface area contributed by atoms with Crippen LogP contribution in [0.2, 0.25) is 5.15 Å². The summed E-state index contributed by atoms with van der Waals surface area (Å²) in [6.07, 6.45) is 0.562. The minimum atomic E-state index is -0.559.